The van der Waals surface area contributed by atoms with Crippen LogP contribution in [0.4, 0.5) is 10.5 Å². The first-order chi connectivity index (χ1) is 20.1. The molecule has 0 atom stereocenters. The Morgan fingerprint density at radius 3 is 2.36 bits per heavy atom. The Kier molecular flexibility index (Phi) is 11.1. The maximum atomic E-state index is 13.8. The first-order valence-electron chi connectivity index (χ1n) is 13.9. The van der Waals surface area contributed by atoms with Crippen LogP contribution in [0, 0.1) is 0 Å². The highest BCUT2D eigenvalue weighted by molar-refractivity contribution is 6.07. The number of carbonyl (C=O) groups excluding carboxylic acids is 2. The number of para-hydroxylation sites is 2. The molecule has 0 unspecified atom stereocenters. The predicted molar refractivity (Wildman–Crippen MR) is 161 cm³/mol. The highest BCUT2D eigenvalue weighted by atomic mass is 127. The number of rotatable bonds is 11. The summed E-state index contributed by atoms with van der Waals surface area (Å²) in [6.45, 7) is 3.77. The van der Waals surface area contributed by atoms with Crippen molar-refractivity contribution in [2.45, 2.75) is 19.9 Å². The van der Waals surface area contributed by atoms with Crippen molar-refractivity contribution in [1.29, 1.82) is 0 Å². The SMILES string of the molecule is CCC[n+]1cc(C(=O)N(CCNC(=O)OCCOc2cccc3ccccc23)c2ccccc2)cc2ccccc21.[I-]. The van der Waals surface area contributed by atoms with Crippen molar-refractivity contribution in [1.82, 2.24) is 5.32 Å². The van der Waals surface area contributed by atoms with Crippen molar-refractivity contribution in [3.63, 3.8) is 0 Å². The van der Waals surface area contributed by atoms with Gasteiger partial charge in [0.15, 0.2) is 6.20 Å². The van der Waals surface area contributed by atoms with E-state index in [1.54, 1.807) is 4.90 Å². The molecule has 7 nitrogen and oxygen atoms in total. The predicted octanol–water partition coefficient (Wildman–Crippen LogP) is 3.15. The van der Waals surface area contributed by atoms with Gasteiger partial charge in [-0.2, -0.15) is 4.57 Å². The van der Waals surface area contributed by atoms with Crippen LogP contribution in [0.5, 0.6) is 5.75 Å². The summed E-state index contributed by atoms with van der Waals surface area (Å²) >= 11 is 0. The number of fused-ring (bicyclic) bond motifs is 2. The number of ether oxygens (including phenoxy) is 2. The van der Waals surface area contributed by atoms with Crippen LogP contribution in [0.25, 0.3) is 21.7 Å². The van der Waals surface area contributed by atoms with Gasteiger partial charge in [0.1, 0.15) is 31.1 Å². The first kappa shape index (κ1) is 30.8. The van der Waals surface area contributed by atoms with Crippen molar-refractivity contribution in [3.05, 3.63) is 115 Å². The lowest BCUT2D eigenvalue weighted by Gasteiger charge is -2.23. The summed E-state index contributed by atoms with van der Waals surface area (Å²) in [6.07, 6.45) is 2.31. The highest BCUT2D eigenvalue weighted by Crippen LogP contribution is 2.25. The molecule has 1 N–H and O–H groups in total. The number of nitrogens with one attached hydrogen (secondary N) is 1. The molecule has 2 amide bonds. The topological polar surface area (TPSA) is 71.8 Å². The molecular weight excluding hydrogens is 641 g/mol. The third-order valence-corrected chi connectivity index (χ3v) is 6.81. The zero-order valence-electron chi connectivity index (χ0n) is 23.5. The van der Waals surface area contributed by atoms with Crippen LogP contribution >= 0.6 is 0 Å². The van der Waals surface area contributed by atoms with E-state index >= 15 is 0 Å². The second-order valence-electron chi connectivity index (χ2n) is 9.66. The minimum absolute atomic E-state index is 0. The molecule has 0 aliphatic carbocycles. The minimum Gasteiger partial charge on any atom is -1.00 e. The summed E-state index contributed by atoms with van der Waals surface area (Å²) in [5.41, 5.74) is 2.44. The molecule has 0 saturated carbocycles. The summed E-state index contributed by atoms with van der Waals surface area (Å²) < 4.78 is 13.3. The van der Waals surface area contributed by atoms with Gasteiger partial charge < -0.3 is 43.7 Å². The summed E-state index contributed by atoms with van der Waals surface area (Å²) in [5.74, 6) is 0.614. The molecule has 5 aromatic rings. The summed E-state index contributed by atoms with van der Waals surface area (Å²) in [4.78, 5) is 27.9. The number of aryl methyl sites for hydroxylation is 1. The van der Waals surface area contributed by atoms with Gasteiger partial charge in [0.05, 0.1) is 0 Å². The number of hydrogen-bond acceptors (Lipinski definition) is 4. The maximum Gasteiger partial charge on any atom is 0.407 e. The van der Waals surface area contributed by atoms with E-state index in [0.29, 0.717) is 5.56 Å². The van der Waals surface area contributed by atoms with Gasteiger partial charge in [-0.25, -0.2) is 4.79 Å². The normalized spacial score (nSPS) is 10.6. The second kappa shape index (κ2) is 15.2. The van der Waals surface area contributed by atoms with E-state index in [1.807, 2.05) is 103 Å². The Labute approximate surface area is 263 Å². The van der Waals surface area contributed by atoms with E-state index in [4.69, 9.17) is 9.47 Å². The van der Waals surface area contributed by atoms with Crippen molar-refractivity contribution >= 4 is 39.4 Å². The van der Waals surface area contributed by atoms with Crippen LogP contribution in [-0.2, 0) is 11.3 Å². The molecule has 0 saturated heterocycles. The summed E-state index contributed by atoms with van der Waals surface area (Å²) in [5, 5.41) is 5.87. The fourth-order valence-corrected chi connectivity index (χ4v) is 4.90. The molecule has 42 heavy (non-hydrogen) atoms. The summed E-state index contributed by atoms with van der Waals surface area (Å²) in [7, 11) is 0. The molecule has 8 heteroatoms. The number of carbonyl (C=O) groups is 2. The Bertz CT molecular complexity index is 1640. The largest absolute Gasteiger partial charge is 1.00 e. The lowest BCUT2D eigenvalue weighted by atomic mass is 10.1. The van der Waals surface area contributed by atoms with E-state index in [1.165, 1.54) is 0 Å². The smallest absolute Gasteiger partial charge is 0.407 e. The van der Waals surface area contributed by atoms with Crippen molar-refractivity contribution < 1.29 is 47.6 Å². The Morgan fingerprint density at radius 1 is 0.833 bits per heavy atom. The van der Waals surface area contributed by atoms with E-state index in [-0.39, 0.29) is 56.2 Å². The average molecular weight is 676 g/mol. The van der Waals surface area contributed by atoms with Crippen molar-refractivity contribution in [2.24, 2.45) is 0 Å². The number of amides is 2. The molecule has 1 heterocycles. The average Bonchev–Trinajstić information content (AvgIpc) is 3.01. The summed E-state index contributed by atoms with van der Waals surface area (Å²) in [6, 6.07) is 33.3. The maximum absolute atomic E-state index is 13.8. The van der Waals surface area contributed by atoms with E-state index in [0.717, 1.165) is 46.1 Å². The lowest BCUT2D eigenvalue weighted by Crippen LogP contribution is -3.00. The number of aromatic nitrogens is 1. The van der Waals surface area contributed by atoms with Gasteiger partial charge in [-0.15, -0.1) is 0 Å². The van der Waals surface area contributed by atoms with E-state index in [9.17, 15) is 9.59 Å². The number of alkyl carbamates (subject to hydrolysis) is 1. The third-order valence-electron chi connectivity index (χ3n) is 6.81. The zero-order valence-corrected chi connectivity index (χ0v) is 25.7. The molecule has 216 valence electrons. The Morgan fingerprint density at radius 2 is 1.55 bits per heavy atom. The molecule has 0 aliphatic rings. The zero-order chi connectivity index (χ0) is 28.4. The molecule has 4 aromatic carbocycles. The Hall–Kier alpha value is -4.18. The van der Waals surface area contributed by atoms with Gasteiger partial charge in [-0.3, -0.25) is 4.79 Å². The third kappa shape index (κ3) is 7.55. The van der Waals surface area contributed by atoms with Crippen LogP contribution in [0.15, 0.2) is 109 Å². The highest BCUT2D eigenvalue weighted by Gasteiger charge is 2.22. The first-order valence-corrected chi connectivity index (χ1v) is 13.9. The second-order valence-corrected chi connectivity index (χ2v) is 9.66. The van der Waals surface area contributed by atoms with Crippen LogP contribution in [0.1, 0.15) is 23.7 Å². The van der Waals surface area contributed by atoms with Crippen molar-refractivity contribution in [3.8, 4) is 5.75 Å². The molecule has 0 radical (unpaired) electrons. The van der Waals surface area contributed by atoms with Gasteiger partial charge in [0.25, 0.3) is 5.91 Å². The number of benzene rings is 4. The van der Waals surface area contributed by atoms with Crippen LogP contribution < -0.4 is 43.5 Å². The van der Waals surface area contributed by atoms with Crippen molar-refractivity contribution in [2.75, 3.05) is 31.2 Å². The van der Waals surface area contributed by atoms with Gasteiger partial charge in [0.2, 0.25) is 5.52 Å². The van der Waals surface area contributed by atoms with Crippen LogP contribution in [-0.4, -0.2) is 38.3 Å². The number of halogens is 1. The molecule has 0 fully saturated rings. The number of nitrogens with zero attached hydrogens (tertiary/aromatic N) is 2. The van der Waals surface area contributed by atoms with Gasteiger partial charge in [0, 0.05) is 42.0 Å². The Balaban J connectivity index is 0.00000405. The lowest BCUT2D eigenvalue weighted by molar-refractivity contribution is -0.671. The van der Waals surface area contributed by atoms with E-state index < -0.39 is 6.09 Å². The van der Waals surface area contributed by atoms with Gasteiger partial charge in [-0.1, -0.05) is 73.7 Å². The van der Waals surface area contributed by atoms with Gasteiger partial charge in [-0.05, 0) is 35.7 Å². The monoisotopic (exact) mass is 675 g/mol. The van der Waals surface area contributed by atoms with E-state index in [2.05, 4.69) is 22.9 Å². The van der Waals surface area contributed by atoms with Crippen LogP contribution in [0.3, 0.4) is 0 Å². The number of anilines is 1. The van der Waals surface area contributed by atoms with Crippen LogP contribution in [0.2, 0.25) is 0 Å². The molecule has 0 spiro atoms. The number of pyridine rings is 1. The molecule has 5 rings (SSSR count). The fraction of sp³-hybridized carbons (Fsp3) is 0.206. The fourth-order valence-electron chi connectivity index (χ4n) is 4.90. The molecule has 1 aromatic heterocycles. The number of hydrogen-bond donors (Lipinski definition) is 1. The molecule has 0 aliphatic heterocycles. The quantitative estimate of drug-likeness (QED) is 0.133. The molecular formula is C34H34IN3O4. The standard InChI is InChI=1S/C34H33N3O4.HI/c1-2-20-36-25-28(24-27-12-7-9-17-31(27)36)33(38)37(29-14-4-3-5-15-29)21-19-35-34(39)41-23-22-40-32-18-10-13-26-11-6-8-16-30(26)32;/h3-18,24-25H,2,19-23H2,1H3;1H. The minimum atomic E-state index is -0.557. The molecule has 0 bridgehead atoms. The van der Waals surface area contributed by atoms with Gasteiger partial charge >= 0.3 is 6.09 Å².